The number of rotatable bonds is 2. The van der Waals surface area contributed by atoms with Gasteiger partial charge in [0.1, 0.15) is 0 Å². The molecule has 3 heterocycles. The maximum Gasteiger partial charge on any atom is 0.256 e. The quantitative estimate of drug-likeness (QED) is 0.928. The number of carbonyl (C=O) groups excluding carboxylic acids is 1. The summed E-state index contributed by atoms with van der Waals surface area (Å²) >= 11 is 0. The first-order valence-corrected chi connectivity index (χ1v) is 8.63. The highest BCUT2D eigenvalue weighted by molar-refractivity contribution is 6.05. The molecule has 1 aliphatic carbocycles. The van der Waals surface area contributed by atoms with Crippen molar-refractivity contribution in [3.8, 4) is 0 Å². The molecule has 0 bridgehead atoms. The number of benzene rings is 1. The number of likely N-dealkylation sites (tertiary alicyclic amines) is 1. The van der Waals surface area contributed by atoms with E-state index in [2.05, 4.69) is 15.1 Å². The average molecular weight is 311 g/mol. The van der Waals surface area contributed by atoms with Crippen molar-refractivity contribution >= 4 is 16.8 Å². The summed E-state index contributed by atoms with van der Waals surface area (Å²) in [6.45, 7) is 1.73. The van der Waals surface area contributed by atoms with E-state index < -0.39 is 0 Å². The number of fused-ring (bicyclic) bond motifs is 1. The van der Waals surface area contributed by atoms with E-state index >= 15 is 0 Å². The van der Waals surface area contributed by atoms with Gasteiger partial charge in [-0.3, -0.25) is 9.89 Å². The molecule has 3 fully saturated rings. The van der Waals surface area contributed by atoms with Gasteiger partial charge in [0.25, 0.3) is 5.91 Å². The summed E-state index contributed by atoms with van der Waals surface area (Å²) in [4.78, 5) is 15.2. The Labute approximate surface area is 135 Å². The predicted octanol–water partition coefficient (Wildman–Crippen LogP) is 2.74. The summed E-state index contributed by atoms with van der Waals surface area (Å²) in [6, 6.07) is 6.09. The molecule has 2 atom stereocenters. The first-order chi connectivity index (χ1) is 11.3. The van der Waals surface area contributed by atoms with Crippen molar-refractivity contribution in [3.05, 3.63) is 30.0 Å². The molecule has 1 spiro atoms. The maximum absolute atomic E-state index is 13.2. The summed E-state index contributed by atoms with van der Waals surface area (Å²) in [7, 11) is 0. The second kappa shape index (κ2) is 4.81. The molecule has 2 unspecified atom stereocenters. The Kier molecular flexibility index (Phi) is 2.83. The average Bonchev–Trinajstić information content (AvgIpc) is 3.14. The minimum atomic E-state index is 0.123. The number of hydrogen-bond donors (Lipinski definition) is 1. The van der Waals surface area contributed by atoms with Crippen LogP contribution in [0.5, 0.6) is 0 Å². The van der Waals surface area contributed by atoms with Crippen molar-refractivity contribution in [2.75, 3.05) is 13.2 Å². The normalized spacial score (nSPS) is 28.8. The molecule has 0 radical (unpaired) electrons. The van der Waals surface area contributed by atoms with E-state index in [-0.39, 0.29) is 18.1 Å². The number of nitrogens with zero attached hydrogens (tertiary/aromatic N) is 2. The number of ether oxygens (including phenoxy) is 1. The van der Waals surface area contributed by atoms with E-state index in [1.807, 2.05) is 18.2 Å². The van der Waals surface area contributed by atoms with Crippen molar-refractivity contribution < 1.29 is 9.53 Å². The Morgan fingerprint density at radius 2 is 2.26 bits per heavy atom. The first-order valence-electron chi connectivity index (χ1n) is 8.63. The van der Waals surface area contributed by atoms with Gasteiger partial charge in [-0.1, -0.05) is 18.6 Å². The van der Waals surface area contributed by atoms with Crippen LogP contribution in [0.2, 0.25) is 0 Å². The Balaban J connectivity index is 1.48. The lowest BCUT2D eigenvalue weighted by Gasteiger charge is -2.63. The molecular formula is C18H21N3O2. The Bertz CT molecular complexity index is 758. The Morgan fingerprint density at radius 3 is 3.00 bits per heavy atom. The third-order valence-electron chi connectivity index (χ3n) is 6.08. The zero-order chi connectivity index (χ0) is 15.4. The topological polar surface area (TPSA) is 58.2 Å². The van der Waals surface area contributed by atoms with Crippen LogP contribution in [0.3, 0.4) is 0 Å². The van der Waals surface area contributed by atoms with Gasteiger partial charge in [-0.15, -0.1) is 0 Å². The molecule has 1 saturated carbocycles. The van der Waals surface area contributed by atoms with Gasteiger partial charge >= 0.3 is 0 Å². The van der Waals surface area contributed by atoms with Crippen LogP contribution >= 0.6 is 0 Å². The highest BCUT2D eigenvalue weighted by Crippen LogP contribution is 2.56. The molecule has 3 aliphatic rings. The van der Waals surface area contributed by atoms with Crippen LogP contribution in [0.4, 0.5) is 0 Å². The Morgan fingerprint density at radius 1 is 1.35 bits per heavy atom. The fourth-order valence-electron chi connectivity index (χ4n) is 4.78. The van der Waals surface area contributed by atoms with E-state index in [0.29, 0.717) is 5.41 Å². The summed E-state index contributed by atoms with van der Waals surface area (Å²) in [5.74, 6) is 0.123. The van der Waals surface area contributed by atoms with Crippen LogP contribution in [0.15, 0.2) is 24.4 Å². The van der Waals surface area contributed by atoms with Gasteiger partial charge in [-0.05, 0) is 31.7 Å². The molecule has 23 heavy (non-hydrogen) atoms. The summed E-state index contributed by atoms with van der Waals surface area (Å²) in [5.41, 5.74) is 1.92. The van der Waals surface area contributed by atoms with Crippen molar-refractivity contribution in [2.45, 2.75) is 44.2 Å². The molecule has 120 valence electrons. The lowest BCUT2D eigenvalue weighted by molar-refractivity contribution is -0.150. The maximum atomic E-state index is 13.2. The van der Waals surface area contributed by atoms with Crippen molar-refractivity contribution in [1.82, 2.24) is 15.1 Å². The second-order valence-corrected chi connectivity index (χ2v) is 7.29. The number of aromatic nitrogens is 2. The molecule has 2 aromatic rings. The molecule has 5 nitrogen and oxygen atoms in total. The van der Waals surface area contributed by atoms with E-state index in [9.17, 15) is 4.79 Å². The fourth-order valence-corrected chi connectivity index (χ4v) is 4.78. The molecular weight excluding hydrogens is 290 g/mol. The van der Waals surface area contributed by atoms with Crippen molar-refractivity contribution in [2.24, 2.45) is 5.41 Å². The fraction of sp³-hybridized carbons (Fsp3) is 0.556. The number of hydrogen-bond acceptors (Lipinski definition) is 3. The van der Waals surface area contributed by atoms with E-state index in [0.717, 1.165) is 42.5 Å². The lowest BCUT2D eigenvalue weighted by Crippen LogP contribution is -2.72. The number of amides is 1. The van der Waals surface area contributed by atoms with Crippen LogP contribution in [0.25, 0.3) is 10.9 Å². The molecule has 1 aromatic heterocycles. The first kappa shape index (κ1) is 13.5. The molecule has 1 N–H and O–H groups in total. The van der Waals surface area contributed by atoms with Crippen LogP contribution < -0.4 is 0 Å². The van der Waals surface area contributed by atoms with Gasteiger partial charge in [0.15, 0.2) is 0 Å². The Hall–Kier alpha value is -1.88. The summed E-state index contributed by atoms with van der Waals surface area (Å²) in [6.07, 6.45) is 7.99. The standard InChI is InChI=1S/C18H21N3O2/c22-17(13-5-1-4-12-10-19-20-15(12)13)21-11-18(7-3-8-18)16(21)14-6-2-9-23-14/h1,4-5,10,14,16H,2-3,6-9,11H2,(H,19,20). The molecule has 1 amide bonds. The monoisotopic (exact) mass is 311 g/mol. The van der Waals surface area contributed by atoms with Crippen molar-refractivity contribution in [1.29, 1.82) is 0 Å². The van der Waals surface area contributed by atoms with Crippen LogP contribution in [0.1, 0.15) is 42.5 Å². The van der Waals surface area contributed by atoms with Crippen LogP contribution in [0, 0.1) is 5.41 Å². The van der Waals surface area contributed by atoms with Crippen LogP contribution in [-0.4, -0.2) is 46.3 Å². The minimum Gasteiger partial charge on any atom is -0.376 e. The molecule has 5 rings (SSSR count). The molecule has 2 aliphatic heterocycles. The predicted molar refractivity (Wildman–Crippen MR) is 86.2 cm³/mol. The second-order valence-electron chi connectivity index (χ2n) is 7.29. The lowest BCUT2D eigenvalue weighted by atomic mass is 9.56. The number of aromatic amines is 1. The zero-order valence-corrected chi connectivity index (χ0v) is 13.1. The number of nitrogens with one attached hydrogen (secondary N) is 1. The largest absolute Gasteiger partial charge is 0.376 e. The third-order valence-corrected chi connectivity index (χ3v) is 6.08. The highest BCUT2D eigenvalue weighted by atomic mass is 16.5. The zero-order valence-electron chi connectivity index (χ0n) is 13.1. The number of H-pyrrole nitrogens is 1. The smallest absolute Gasteiger partial charge is 0.256 e. The van der Waals surface area contributed by atoms with Gasteiger partial charge in [0.2, 0.25) is 0 Å². The van der Waals surface area contributed by atoms with Gasteiger partial charge in [-0.25, -0.2) is 0 Å². The number of para-hydroxylation sites is 1. The molecule has 2 saturated heterocycles. The molecule has 5 heteroatoms. The van der Waals surface area contributed by atoms with Crippen LogP contribution in [-0.2, 0) is 4.74 Å². The van der Waals surface area contributed by atoms with E-state index in [1.165, 1.54) is 19.3 Å². The summed E-state index contributed by atoms with van der Waals surface area (Å²) in [5, 5.41) is 8.05. The molecule has 1 aromatic carbocycles. The van der Waals surface area contributed by atoms with Gasteiger partial charge in [0.05, 0.1) is 29.4 Å². The van der Waals surface area contributed by atoms with E-state index in [1.54, 1.807) is 6.20 Å². The SMILES string of the molecule is O=C(c1cccc2cn[nH]c12)N1CC2(CCC2)C1C1CCCO1. The van der Waals surface area contributed by atoms with Gasteiger partial charge in [0, 0.05) is 24.0 Å². The number of carbonyl (C=O) groups is 1. The summed E-state index contributed by atoms with van der Waals surface area (Å²) < 4.78 is 5.96. The van der Waals surface area contributed by atoms with Gasteiger partial charge < -0.3 is 9.64 Å². The minimum absolute atomic E-state index is 0.123. The van der Waals surface area contributed by atoms with Crippen molar-refractivity contribution in [3.63, 3.8) is 0 Å². The van der Waals surface area contributed by atoms with E-state index in [4.69, 9.17) is 4.74 Å². The highest BCUT2D eigenvalue weighted by Gasteiger charge is 2.60. The third kappa shape index (κ3) is 1.83. The van der Waals surface area contributed by atoms with Gasteiger partial charge in [-0.2, -0.15) is 5.10 Å².